The van der Waals surface area contributed by atoms with Crippen molar-refractivity contribution in [1.82, 2.24) is 9.55 Å². The Balaban J connectivity index is 1.78. The summed E-state index contributed by atoms with van der Waals surface area (Å²) in [6, 6.07) is 10.9. The molecular formula is C21H15Cl3N2O2S. The molecule has 0 saturated carbocycles. The maximum absolute atomic E-state index is 13.2. The molecule has 0 radical (unpaired) electrons. The van der Waals surface area contributed by atoms with Gasteiger partial charge in [0.15, 0.2) is 0 Å². The number of hydrogen-bond donors (Lipinski definition) is 0. The number of halogens is 3. The van der Waals surface area contributed by atoms with E-state index in [1.807, 2.05) is 36.6 Å². The molecule has 148 valence electrons. The first-order chi connectivity index (χ1) is 14.0. The molecule has 4 rings (SSSR count). The van der Waals surface area contributed by atoms with Crippen LogP contribution in [0.2, 0.25) is 15.1 Å². The molecule has 0 N–H and O–H groups in total. The van der Waals surface area contributed by atoms with E-state index in [4.69, 9.17) is 39.5 Å². The number of benzene rings is 2. The Hall–Kier alpha value is -2.05. The van der Waals surface area contributed by atoms with E-state index in [0.717, 1.165) is 16.9 Å². The number of nitrogens with zero attached hydrogens (tertiary/aromatic N) is 2. The van der Waals surface area contributed by atoms with Crippen LogP contribution in [0, 0.1) is 0 Å². The van der Waals surface area contributed by atoms with Crippen LogP contribution >= 0.6 is 46.1 Å². The Morgan fingerprint density at radius 3 is 2.45 bits per heavy atom. The van der Waals surface area contributed by atoms with Gasteiger partial charge in [-0.1, -0.05) is 46.9 Å². The molecule has 0 bridgehead atoms. The van der Waals surface area contributed by atoms with Crippen LogP contribution in [-0.2, 0) is 6.54 Å². The monoisotopic (exact) mass is 464 g/mol. The highest BCUT2D eigenvalue weighted by Gasteiger charge is 2.15. The summed E-state index contributed by atoms with van der Waals surface area (Å²) in [5, 5.41) is 3.78. The van der Waals surface area contributed by atoms with Crippen LogP contribution in [-0.4, -0.2) is 16.2 Å². The van der Waals surface area contributed by atoms with Gasteiger partial charge in [-0.2, -0.15) is 0 Å². The summed E-state index contributed by atoms with van der Waals surface area (Å²) in [6.07, 6.45) is 1.52. The minimum Gasteiger partial charge on any atom is -0.494 e. The van der Waals surface area contributed by atoms with Crippen molar-refractivity contribution >= 4 is 56.4 Å². The van der Waals surface area contributed by atoms with E-state index in [2.05, 4.69) is 4.98 Å². The quantitative estimate of drug-likeness (QED) is 0.336. The molecule has 2 heterocycles. The summed E-state index contributed by atoms with van der Waals surface area (Å²) in [7, 11) is 0. The Kier molecular flexibility index (Phi) is 5.83. The highest BCUT2D eigenvalue weighted by molar-refractivity contribution is 7.17. The van der Waals surface area contributed by atoms with Crippen LogP contribution in [0.1, 0.15) is 12.5 Å². The molecule has 8 heteroatoms. The van der Waals surface area contributed by atoms with Crippen LogP contribution in [0.4, 0.5) is 0 Å². The van der Waals surface area contributed by atoms with E-state index < -0.39 is 0 Å². The van der Waals surface area contributed by atoms with Gasteiger partial charge in [0.1, 0.15) is 10.6 Å². The summed E-state index contributed by atoms with van der Waals surface area (Å²) < 4.78 is 7.00. The molecule has 0 atom stereocenters. The van der Waals surface area contributed by atoms with E-state index in [1.54, 1.807) is 12.1 Å². The van der Waals surface area contributed by atoms with Gasteiger partial charge in [-0.05, 0) is 36.8 Å². The molecule has 0 amide bonds. The van der Waals surface area contributed by atoms with Gasteiger partial charge >= 0.3 is 0 Å². The first kappa shape index (κ1) is 20.2. The third-order valence-electron chi connectivity index (χ3n) is 4.47. The van der Waals surface area contributed by atoms with Gasteiger partial charge in [-0.3, -0.25) is 9.36 Å². The van der Waals surface area contributed by atoms with Crippen LogP contribution in [0.15, 0.2) is 52.9 Å². The van der Waals surface area contributed by atoms with Gasteiger partial charge in [0.25, 0.3) is 5.56 Å². The van der Waals surface area contributed by atoms with Gasteiger partial charge in [-0.25, -0.2) is 4.98 Å². The SMILES string of the molecule is CCOc1ccc(-c2csc3ncn(Cc4c(Cl)cc(Cl)cc4Cl)c(=O)c23)cc1. The second-order valence-electron chi connectivity index (χ2n) is 6.31. The molecule has 0 spiro atoms. The number of hydrogen-bond acceptors (Lipinski definition) is 4. The largest absolute Gasteiger partial charge is 0.494 e. The average molecular weight is 466 g/mol. The minimum atomic E-state index is -0.151. The van der Waals surface area contributed by atoms with E-state index in [-0.39, 0.29) is 12.1 Å². The third kappa shape index (κ3) is 4.01. The van der Waals surface area contributed by atoms with Crippen LogP contribution in [0.5, 0.6) is 5.75 Å². The van der Waals surface area contributed by atoms with Crippen LogP contribution < -0.4 is 10.3 Å². The fourth-order valence-corrected chi connectivity index (χ4v) is 4.93. The molecule has 2 aromatic carbocycles. The maximum atomic E-state index is 13.2. The van der Waals surface area contributed by atoms with E-state index in [1.165, 1.54) is 22.2 Å². The average Bonchev–Trinajstić information content (AvgIpc) is 3.12. The van der Waals surface area contributed by atoms with Gasteiger partial charge in [0.05, 0.1) is 24.9 Å². The zero-order valence-electron chi connectivity index (χ0n) is 15.3. The van der Waals surface area contributed by atoms with Crippen molar-refractivity contribution in [3.8, 4) is 16.9 Å². The highest BCUT2D eigenvalue weighted by Crippen LogP contribution is 2.33. The predicted molar refractivity (Wildman–Crippen MR) is 121 cm³/mol. The number of ether oxygens (including phenoxy) is 1. The molecule has 0 fully saturated rings. The maximum Gasteiger partial charge on any atom is 0.263 e. The number of rotatable bonds is 5. The smallest absolute Gasteiger partial charge is 0.263 e. The van der Waals surface area contributed by atoms with E-state index in [0.29, 0.717) is 37.5 Å². The summed E-state index contributed by atoms with van der Waals surface area (Å²) in [4.78, 5) is 18.4. The summed E-state index contributed by atoms with van der Waals surface area (Å²) in [5.74, 6) is 0.790. The summed E-state index contributed by atoms with van der Waals surface area (Å²) in [5.41, 5.74) is 2.24. The van der Waals surface area contributed by atoms with Gasteiger partial charge < -0.3 is 4.74 Å². The highest BCUT2D eigenvalue weighted by atomic mass is 35.5. The second-order valence-corrected chi connectivity index (χ2v) is 8.42. The molecule has 29 heavy (non-hydrogen) atoms. The third-order valence-corrected chi connectivity index (χ3v) is 6.25. The Morgan fingerprint density at radius 1 is 1.10 bits per heavy atom. The molecule has 4 aromatic rings. The first-order valence-electron chi connectivity index (χ1n) is 8.81. The Bertz CT molecular complexity index is 1230. The molecule has 0 saturated heterocycles. The molecule has 0 aliphatic heterocycles. The van der Waals surface area contributed by atoms with Crippen molar-refractivity contribution in [1.29, 1.82) is 0 Å². The second kappa shape index (κ2) is 8.36. The Labute approximate surface area is 186 Å². The van der Waals surface area contributed by atoms with E-state index in [9.17, 15) is 4.79 Å². The van der Waals surface area contributed by atoms with Crippen molar-refractivity contribution in [2.45, 2.75) is 13.5 Å². The molecule has 0 aliphatic carbocycles. The summed E-state index contributed by atoms with van der Waals surface area (Å²) >= 11 is 20.0. The van der Waals surface area contributed by atoms with Crippen LogP contribution in [0.25, 0.3) is 21.3 Å². The molecule has 0 unspecified atom stereocenters. The van der Waals surface area contributed by atoms with Gasteiger partial charge in [0.2, 0.25) is 0 Å². The topological polar surface area (TPSA) is 44.1 Å². The van der Waals surface area contributed by atoms with Crippen molar-refractivity contribution in [2.24, 2.45) is 0 Å². The number of fused-ring (bicyclic) bond motifs is 1. The number of thiophene rings is 1. The zero-order valence-corrected chi connectivity index (χ0v) is 18.4. The van der Waals surface area contributed by atoms with E-state index >= 15 is 0 Å². The summed E-state index contributed by atoms with van der Waals surface area (Å²) in [6.45, 7) is 2.74. The number of aromatic nitrogens is 2. The lowest BCUT2D eigenvalue weighted by molar-refractivity contribution is 0.340. The first-order valence-corrected chi connectivity index (χ1v) is 10.8. The molecular weight excluding hydrogens is 451 g/mol. The van der Waals surface area contributed by atoms with Crippen molar-refractivity contribution in [3.05, 3.63) is 79.1 Å². The minimum absolute atomic E-state index is 0.151. The fourth-order valence-electron chi connectivity index (χ4n) is 3.08. The predicted octanol–water partition coefficient (Wildman–Crippen LogP) is 6.53. The normalized spacial score (nSPS) is 11.2. The molecule has 0 aliphatic rings. The zero-order chi connectivity index (χ0) is 20.5. The molecule has 2 aromatic heterocycles. The van der Waals surface area contributed by atoms with Gasteiger partial charge in [0, 0.05) is 31.6 Å². The van der Waals surface area contributed by atoms with Crippen molar-refractivity contribution in [3.63, 3.8) is 0 Å². The lowest BCUT2D eigenvalue weighted by Gasteiger charge is -2.10. The van der Waals surface area contributed by atoms with Crippen molar-refractivity contribution in [2.75, 3.05) is 6.61 Å². The van der Waals surface area contributed by atoms with Gasteiger partial charge in [-0.15, -0.1) is 11.3 Å². The van der Waals surface area contributed by atoms with Crippen LogP contribution in [0.3, 0.4) is 0 Å². The standard InChI is InChI=1S/C21H15Cl3N2O2S/c1-2-28-14-5-3-12(4-6-14)16-10-29-20-19(16)21(27)26(11-25-20)9-15-17(23)7-13(22)8-18(15)24/h3-8,10-11H,2,9H2,1H3. The molecule has 4 nitrogen and oxygen atoms in total. The lowest BCUT2D eigenvalue weighted by atomic mass is 10.1. The lowest BCUT2D eigenvalue weighted by Crippen LogP contribution is -2.21. The Morgan fingerprint density at radius 2 is 1.79 bits per heavy atom. The fraction of sp³-hybridized carbons (Fsp3) is 0.143. The van der Waals surface area contributed by atoms with Crippen molar-refractivity contribution < 1.29 is 4.74 Å².